The van der Waals surface area contributed by atoms with Gasteiger partial charge in [-0.2, -0.15) is 0 Å². The molecule has 0 aromatic heterocycles. The molecule has 2 N–H and O–H groups in total. The maximum absolute atomic E-state index is 11.9. The predicted molar refractivity (Wildman–Crippen MR) is 94.0 cm³/mol. The quantitative estimate of drug-likeness (QED) is 0.775. The lowest BCUT2D eigenvalue weighted by atomic mass is 9.84. The highest BCUT2D eigenvalue weighted by Crippen LogP contribution is 2.27. The number of rotatable bonds is 6. The van der Waals surface area contributed by atoms with Crippen molar-refractivity contribution in [1.82, 2.24) is 10.2 Å². The molecule has 2 unspecified atom stereocenters. The second-order valence-electron chi connectivity index (χ2n) is 8.89. The number of piperidine rings is 1. The van der Waals surface area contributed by atoms with Gasteiger partial charge in [-0.05, 0) is 57.9 Å². The van der Waals surface area contributed by atoms with Crippen molar-refractivity contribution >= 4 is 12.1 Å². The molecule has 1 saturated heterocycles. The van der Waals surface area contributed by atoms with Crippen LogP contribution in [0.1, 0.15) is 60.8 Å². The van der Waals surface area contributed by atoms with Gasteiger partial charge in [0.25, 0.3) is 0 Å². The van der Waals surface area contributed by atoms with Gasteiger partial charge in [-0.15, -0.1) is 0 Å². The number of nitrogens with zero attached hydrogens (tertiary/aromatic N) is 1. The van der Waals surface area contributed by atoms with Gasteiger partial charge < -0.3 is 20.1 Å². The number of likely N-dealkylation sites (tertiary alicyclic amines) is 1. The van der Waals surface area contributed by atoms with E-state index in [1.54, 1.807) is 20.8 Å². The minimum atomic E-state index is -1.03. The number of carboxylic acid groups (broad SMARTS) is 1. The Kier molecular flexibility index (Phi) is 7.08. The van der Waals surface area contributed by atoms with Gasteiger partial charge in [0, 0.05) is 13.1 Å². The van der Waals surface area contributed by atoms with Crippen LogP contribution in [-0.2, 0) is 9.53 Å². The fourth-order valence-corrected chi connectivity index (χ4v) is 3.30. The van der Waals surface area contributed by atoms with Crippen LogP contribution in [0.25, 0.3) is 0 Å². The van der Waals surface area contributed by atoms with Crippen molar-refractivity contribution in [3.8, 4) is 0 Å². The molecule has 1 fully saturated rings. The molecule has 1 amide bonds. The molecular weight excluding hydrogens is 308 g/mol. The number of hydrogen-bond acceptors (Lipinski definition) is 4. The third kappa shape index (κ3) is 7.99. The number of ether oxygens (including phenoxy) is 1. The average Bonchev–Trinajstić information content (AvgIpc) is 2.34. The van der Waals surface area contributed by atoms with Crippen LogP contribution in [0.2, 0.25) is 0 Å². The first kappa shape index (κ1) is 20.7. The van der Waals surface area contributed by atoms with E-state index in [1.165, 1.54) is 12.8 Å². The maximum atomic E-state index is 11.9. The molecule has 0 aliphatic carbocycles. The largest absolute Gasteiger partial charge is 0.480 e. The van der Waals surface area contributed by atoms with E-state index in [2.05, 4.69) is 31.0 Å². The van der Waals surface area contributed by atoms with Crippen LogP contribution in [-0.4, -0.2) is 53.3 Å². The van der Waals surface area contributed by atoms with Gasteiger partial charge in [-0.25, -0.2) is 9.59 Å². The lowest BCUT2D eigenvalue weighted by Crippen LogP contribution is -2.48. The van der Waals surface area contributed by atoms with E-state index in [9.17, 15) is 14.7 Å². The van der Waals surface area contributed by atoms with E-state index in [0.717, 1.165) is 19.6 Å². The first-order valence-corrected chi connectivity index (χ1v) is 8.83. The van der Waals surface area contributed by atoms with Crippen LogP contribution in [0.5, 0.6) is 0 Å². The minimum absolute atomic E-state index is 0.213. The number of carbonyl (C=O) groups is 2. The summed E-state index contributed by atoms with van der Waals surface area (Å²) in [6, 6.07) is -0.947. The number of carboxylic acids is 1. The third-order valence-corrected chi connectivity index (χ3v) is 4.14. The van der Waals surface area contributed by atoms with Gasteiger partial charge in [0.05, 0.1) is 0 Å². The monoisotopic (exact) mass is 342 g/mol. The van der Waals surface area contributed by atoms with Gasteiger partial charge >= 0.3 is 12.1 Å². The number of nitrogens with one attached hydrogen (secondary N) is 1. The summed E-state index contributed by atoms with van der Waals surface area (Å²) in [6.07, 6.45) is 2.13. The third-order valence-electron chi connectivity index (χ3n) is 4.14. The van der Waals surface area contributed by atoms with Crippen molar-refractivity contribution in [1.29, 1.82) is 0 Å². The Hall–Kier alpha value is -1.30. The summed E-state index contributed by atoms with van der Waals surface area (Å²) < 4.78 is 5.17. The molecule has 2 atom stereocenters. The first-order chi connectivity index (χ1) is 10.9. The van der Waals surface area contributed by atoms with Crippen molar-refractivity contribution in [3.63, 3.8) is 0 Å². The first-order valence-electron chi connectivity index (χ1n) is 8.83. The summed E-state index contributed by atoms with van der Waals surface area (Å²) in [7, 11) is 0. The summed E-state index contributed by atoms with van der Waals surface area (Å²) in [5.74, 6) is -0.342. The molecular formula is C18H34N2O4. The highest BCUT2D eigenvalue weighted by atomic mass is 16.6. The fraction of sp³-hybridized carbons (Fsp3) is 0.889. The summed E-state index contributed by atoms with van der Waals surface area (Å²) in [5.41, 5.74) is -0.859. The van der Waals surface area contributed by atoms with Gasteiger partial charge in [0.1, 0.15) is 11.6 Å². The smallest absolute Gasteiger partial charge is 0.408 e. The summed E-state index contributed by atoms with van der Waals surface area (Å²) in [5, 5.41) is 11.9. The lowest BCUT2D eigenvalue weighted by molar-refractivity contribution is -0.140. The molecule has 1 rings (SSSR count). The molecule has 0 bridgehead atoms. The van der Waals surface area contributed by atoms with Gasteiger partial charge in [-0.3, -0.25) is 0 Å². The van der Waals surface area contributed by atoms with Gasteiger partial charge in [-0.1, -0.05) is 20.8 Å². The van der Waals surface area contributed by atoms with Gasteiger partial charge in [0.2, 0.25) is 0 Å². The number of aliphatic carboxylic acids is 1. The molecule has 6 heteroatoms. The topological polar surface area (TPSA) is 78.9 Å². The van der Waals surface area contributed by atoms with Crippen molar-refractivity contribution in [2.24, 2.45) is 11.3 Å². The Labute approximate surface area is 145 Å². The molecule has 1 aliphatic heterocycles. The molecule has 140 valence electrons. The van der Waals surface area contributed by atoms with Crippen molar-refractivity contribution in [2.45, 2.75) is 72.4 Å². The van der Waals surface area contributed by atoms with Crippen LogP contribution in [0.4, 0.5) is 4.79 Å². The Morgan fingerprint density at radius 2 is 1.92 bits per heavy atom. The highest BCUT2D eigenvalue weighted by molar-refractivity contribution is 5.80. The van der Waals surface area contributed by atoms with E-state index in [4.69, 9.17) is 4.74 Å². The summed E-state index contributed by atoms with van der Waals surface area (Å²) in [4.78, 5) is 25.8. The standard InChI is InChI=1S/C18H34N2O4/c1-13-8-7-9-20(11-13)12-18(5,6)10-14(15(21)22)19-16(23)24-17(2,3)4/h13-14H,7-12H2,1-6H3,(H,19,23)(H,21,22). The normalized spacial score (nSPS) is 21.2. The van der Waals surface area contributed by atoms with E-state index in [-0.39, 0.29) is 5.41 Å². The zero-order valence-corrected chi connectivity index (χ0v) is 16.0. The number of hydrogen-bond donors (Lipinski definition) is 2. The molecule has 0 spiro atoms. The number of amides is 1. The molecule has 0 aromatic rings. The summed E-state index contributed by atoms with van der Waals surface area (Å²) >= 11 is 0. The van der Waals surface area contributed by atoms with E-state index in [0.29, 0.717) is 12.3 Å². The fourth-order valence-electron chi connectivity index (χ4n) is 3.30. The Bertz CT molecular complexity index is 443. The zero-order valence-electron chi connectivity index (χ0n) is 16.0. The lowest BCUT2D eigenvalue weighted by Gasteiger charge is -2.38. The highest BCUT2D eigenvalue weighted by Gasteiger charge is 2.32. The maximum Gasteiger partial charge on any atom is 0.408 e. The number of alkyl carbamates (subject to hydrolysis) is 1. The predicted octanol–water partition coefficient (Wildman–Crippen LogP) is 3.11. The van der Waals surface area contributed by atoms with Crippen molar-refractivity contribution < 1.29 is 19.4 Å². The molecule has 0 saturated carbocycles. The van der Waals surface area contributed by atoms with Crippen LogP contribution >= 0.6 is 0 Å². The van der Waals surface area contributed by atoms with Gasteiger partial charge in [0.15, 0.2) is 0 Å². The van der Waals surface area contributed by atoms with Crippen LogP contribution in [0, 0.1) is 11.3 Å². The van der Waals surface area contributed by atoms with Crippen LogP contribution in [0.3, 0.4) is 0 Å². The molecule has 1 aliphatic rings. The molecule has 6 nitrogen and oxygen atoms in total. The summed E-state index contributed by atoms with van der Waals surface area (Å²) in [6.45, 7) is 14.6. The van der Waals surface area contributed by atoms with E-state index in [1.807, 2.05) is 0 Å². The minimum Gasteiger partial charge on any atom is -0.480 e. The Morgan fingerprint density at radius 3 is 2.42 bits per heavy atom. The molecule has 1 heterocycles. The molecule has 24 heavy (non-hydrogen) atoms. The SMILES string of the molecule is CC1CCCN(CC(C)(C)CC(NC(=O)OC(C)(C)C)C(=O)O)C1. The van der Waals surface area contributed by atoms with E-state index >= 15 is 0 Å². The van der Waals surface area contributed by atoms with Crippen molar-refractivity contribution in [3.05, 3.63) is 0 Å². The number of carbonyl (C=O) groups excluding carboxylic acids is 1. The second kappa shape index (κ2) is 8.19. The molecule has 0 aromatic carbocycles. The zero-order chi connectivity index (χ0) is 18.5. The second-order valence-corrected chi connectivity index (χ2v) is 8.89. The van der Waals surface area contributed by atoms with Crippen LogP contribution < -0.4 is 5.32 Å². The van der Waals surface area contributed by atoms with Crippen molar-refractivity contribution in [2.75, 3.05) is 19.6 Å². The Morgan fingerprint density at radius 1 is 1.29 bits per heavy atom. The molecule has 0 radical (unpaired) electrons. The Balaban J connectivity index is 2.62. The van der Waals surface area contributed by atoms with Crippen LogP contribution in [0.15, 0.2) is 0 Å². The average molecular weight is 342 g/mol. The van der Waals surface area contributed by atoms with E-state index < -0.39 is 23.7 Å².